The highest BCUT2D eigenvalue weighted by Crippen LogP contribution is 2.14. The molecule has 2 N–H and O–H groups in total. The number of likely N-dealkylation sites (tertiary alicyclic amines) is 1. The minimum atomic E-state index is -0.223. The van der Waals surface area contributed by atoms with Crippen LogP contribution in [0.4, 0.5) is 0 Å². The predicted molar refractivity (Wildman–Crippen MR) is 50.2 cm³/mol. The molecule has 0 saturated carbocycles. The van der Waals surface area contributed by atoms with Crippen molar-refractivity contribution in [2.75, 3.05) is 26.2 Å². The maximum absolute atomic E-state index is 8.96. The van der Waals surface area contributed by atoms with E-state index in [4.69, 9.17) is 5.11 Å². The van der Waals surface area contributed by atoms with Crippen LogP contribution in [0.15, 0.2) is 0 Å². The van der Waals surface area contributed by atoms with Crippen LogP contribution in [0.1, 0.15) is 20.3 Å². The van der Waals surface area contributed by atoms with Crippen molar-refractivity contribution in [1.82, 2.24) is 10.2 Å². The van der Waals surface area contributed by atoms with E-state index in [-0.39, 0.29) is 6.10 Å². The Balaban J connectivity index is 1.89. The lowest BCUT2D eigenvalue weighted by Gasteiger charge is -2.38. The van der Waals surface area contributed by atoms with Gasteiger partial charge in [-0.25, -0.2) is 0 Å². The molecule has 0 aliphatic carbocycles. The van der Waals surface area contributed by atoms with Crippen LogP contribution >= 0.6 is 0 Å². The van der Waals surface area contributed by atoms with Crippen LogP contribution in [0, 0.1) is 0 Å². The molecule has 1 heterocycles. The van der Waals surface area contributed by atoms with Crippen molar-refractivity contribution in [3.8, 4) is 0 Å². The van der Waals surface area contributed by atoms with E-state index in [1.54, 1.807) is 6.92 Å². The Labute approximate surface area is 74.8 Å². The number of hydrogen-bond acceptors (Lipinski definition) is 3. The van der Waals surface area contributed by atoms with Gasteiger partial charge in [-0.1, -0.05) is 0 Å². The molecule has 1 aliphatic heterocycles. The Morgan fingerprint density at radius 3 is 2.83 bits per heavy atom. The van der Waals surface area contributed by atoms with E-state index >= 15 is 0 Å². The van der Waals surface area contributed by atoms with Crippen molar-refractivity contribution in [3.63, 3.8) is 0 Å². The molecule has 0 amide bonds. The summed E-state index contributed by atoms with van der Waals surface area (Å²) >= 11 is 0. The van der Waals surface area contributed by atoms with Crippen LogP contribution in [0.5, 0.6) is 0 Å². The summed E-state index contributed by atoms with van der Waals surface area (Å²) in [6, 6.07) is 0.776. The number of aliphatic hydroxyl groups excluding tert-OH is 1. The lowest BCUT2D eigenvalue weighted by molar-refractivity contribution is 0.104. The summed E-state index contributed by atoms with van der Waals surface area (Å²) in [5, 5.41) is 12.2. The zero-order valence-corrected chi connectivity index (χ0v) is 8.08. The number of aliphatic hydroxyl groups is 1. The van der Waals surface area contributed by atoms with Crippen molar-refractivity contribution < 1.29 is 5.11 Å². The topological polar surface area (TPSA) is 35.5 Å². The highest BCUT2D eigenvalue weighted by Gasteiger charge is 2.21. The molecule has 0 aromatic carbocycles. The van der Waals surface area contributed by atoms with Crippen molar-refractivity contribution in [3.05, 3.63) is 0 Å². The summed E-state index contributed by atoms with van der Waals surface area (Å²) < 4.78 is 0. The number of hydrogen-bond donors (Lipinski definition) is 2. The number of nitrogens with zero attached hydrogens (tertiary/aromatic N) is 1. The second-order valence-corrected chi connectivity index (χ2v) is 3.73. The molecular formula is C9H20N2O. The molecule has 3 nitrogen and oxygen atoms in total. The third kappa shape index (κ3) is 3.09. The molecule has 2 atom stereocenters. The second-order valence-electron chi connectivity index (χ2n) is 3.73. The average molecular weight is 172 g/mol. The molecule has 1 saturated heterocycles. The molecule has 0 aromatic rings. The number of rotatable bonds is 5. The smallest absolute Gasteiger partial charge is 0.0636 e. The van der Waals surface area contributed by atoms with Crippen LogP contribution in [0.25, 0.3) is 0 Å². The van der Waals surface area contributed by atoms with Crippen molar-refractivity contribution >= 4 is 0 Å². The normalized spacial score (nSPS) is 26.8. The van der Waals surface area contributed by atoms with Gasteiger partial charge in [-0.15, -0.1) is 0 Å². The fourth-order valence-electron chi connectivity index (χ4n) is 1.44. The van der Waals surface area contributed by atoms with E-state index in [2.05, 4.69) is 17.1 Å². The third-order valence-electron chi connectivity index (χ3n) is 2.47. The fraction of sp³-hybridized carbons (Fsp3) is 1.00. The SMILES string of the molecule is CC(O)CNCCN1CCC1C. The highest BCUT2D eigenvalue weighted by atomic mass is 16.3. The largest absolute Gasteiger partial charge is 0.392 e. The van der Waals surface area contributed by atoms with E-state index in [0.29, 0.717) is 6.54 Å². The number of nitrogens with one attached hydrogen (secondary N) is 1. The summed E-state index contributed by atoms with van der Waals surface area (Å²) in [7, 11) is 0. The zero-order valence-electron chi connectivity index (χ0n) is 8.08. The highest BCUT2D eigenvalue weighted by molar-refractivity contribution is 4.78. The van der Waals surface area contributed by atoms with Crippen molar-refractivity contribution in [2.24, 2.45) is 0 Å². The van der Waals surface area contributed by atoms with Crippen LogP contribution in [0.2, 0.25) is 0 Å². The third-order valence-corrected chi connectivity index (χ3v) is 2.47. The lowest BCUT2D eigenvalue weighted by Crippen LogP contribution is -2.48. The van der Waals surface area contributed by atoms with Crippen LogP contribution in [-0.4, -0.2) is 48.3 Å². The van der Waals surface area contributed by atoms with Crippen LogP contribution < -0.4 is 5.32 Å². The zero-order chi connectivity index (χ0) is 8.97. The van der Waals surface area contributed by atoms with Gasteiger partial charge in [-0.3, -0.25) is 4.90 Å². The Kier molecular flexibility index (Phi) is 3.98. The summed E-state index contributed by atoms with van der Waals surface area (Å²) in [6.07, 6.45) is 1.12. The average Bonchev–Trinajstić information content (AvgIpc) is 2.01. The summed E-state index contributed by atoms with van der Waals surface area (Å²) in [4.78, 5) is 2.45. The molecule has 0 aromatic heterocycles. The molecule has 1 rings (SSSR count). The van der Waals surface area contributed by atoms with Gasteiger partial charge in [0, 0.05) is 25.7 Å². The quantitative estimate of drug-likeness (QED) is 0.575. The van der Waals surface area contributed by atoms with E-state index in [1.807, 2.05) is 0 Å². The second kappa shape index (κ2) is 4.80. The molecule has 1 fully saturated rings. The van der Waals surface area contributed by atoms with Gasteiger partial charge in [-0.05, 0) is 26.8 Å². The first-order valence-electron chi connectivity index (χ1n) is 4.83. The van der Waals surface area contributed by atoms with E-state index in [1.165, 1.54) is 13.0 Å². The first-order valence-corrected chi connectivity index (χ1v) is 4.83. The van der Waals surface area contributed by atoms with Crippen molar-refractivity contribution in [2.45, 2.75) is 32.4 Å². The van der Waals surface area contributed by atoms with Gasteiger partial charge >= 0.3 is 0 Å². The van der Waals surface area contributed by atoms with Crippen LogP contribution in [0.3, 0.4) is 0 Å². The fourth-order valence-corrected chi connectivity index (χ4v) is 1.44. The van der Waals surface area contributed by atoms with E-state index < -0.39 is 0 Å². The Bertz CT molecular complexity index is 128. The maximum atomic E-state index is 8.96. The predicted octanol–water partition coefficient (Wildman–Crippen LogP) is 0.0510. The Morgan fingerprint density at radius 2 is 2.42 bits per heavy atom. The maximum Gasteiger partial charge on any atom is 0.0636 e. The standard InChI is InChI=1S/C9H20N2O/c1-8-3-5-11(8)6-4-10-7-9(2)12/h8-10,12H,3-7H2,1-2H3. The molecule has 2 unspecified atom stereocenters. The minimum absolute atomic E-state index is 0.223. The van der Waals surface area contributed by atoms with Gasteiger partial charge in [0.1, 0.15) is 0 Å². The molecule has 3 heteroatoms. The van der Waals surface area contributed by atoms with E-state index in [9.17, 15) is 0 Å². The monoisotopic (exact) mass is 172 g/mol. The van der Waals surface area contributed by atoms with E-state index in [0.717, 1.165) is 19.1 Å². The molecule has 1 aliphatic rings. The van der Waals surface area contributed by atoms with Gasteiger partial charge in [0.15, 0.2) is 0 Å². The lowest BCUT2D eigenvalue weighted by atomic mass is 10.1. The van der Waals surface area contributed by atoms with Crippen LogP contribution in [-0.2, 0) is 0 Å². The molecule has 0 spiro atoms. The van der Waals surface area contributed by atoms with Gasteiger partial charge < -0.3 is 10.4 Å². The Morgan fingerprint density at radius 1 is 1.67 bits per heavy atom. The van der Waals surface area contributed by atoms with Gasteiger partial charge in [0.25, 0.3) is 0 Å². The molecule has 0 bridgehead atoms. The van der Waals surface area contributed by atoms with Gasteiger partial charge in [0.2, 0.25) is 0 Å². The first-order chi connectivity index (χ1) is 5.70. The van der Waals surface area contributed by atoms with Crippen molar-refractivity contribution in [1.29, 1.82) is 0 Å². The molecule has 12 heavy (non-hydrogen) atoms. The minimum Gasteiger partial charge on any atom is -0.392 e. The van der Waals surface area contributed by atoms with Gasteiger partial charge in [-0.2, -0.15) is 0 Å². The molecule has 72 valence electrons. The van der Waals surface area contributed by atoms with Gasteiger partial charge in [0.05, 0.1) is 6.10 Å². The molecular weight excluding hydrogens is 152 g/mol. The summed E-state index contributed by atoms with van der Waals surface area (Å²) in [5.74, 6) is 0. The first kappa shape index (κ1) is 9.96. The Hall–Kier alpha value is -0.120. The molecule has 0 radical (unpaired) electrons. The summed E-state index contributed by atoms with van der Waals surface area (Å²) in [5.41, 5.74) is 0. The summed E-state index contributed by atoms with van der Waals surface area (Å²) in [6.45, 7) is 8.14.